The molecular weight excluding hydrogens is 224 g/mol. The summed E-state index contributed by atoms with van der Waals surface area (Å²) in [4.78, 5) is 0. The molecule has 0 aliphatic rings. The summed E-state index contributed by atoms with van der Waals surface area (Å²) in [7, 11) is -2.17. The van der Waals surface area contributed by atoms with Crippen molar-refractivity contribution in [1.82, 2.24) is 0 Å². The zero-order valence-electron chi connectivity index (χ0n) is 9.47. The van der Waals surface area contributed by atoms with Gasteiger partial charge in [-0.25, -0.2) is 0 Å². The number of hydrogen-bond donors (Lipinski definition) is 5. The van der Waals surface area contributed by atoms with E-state index in [-0.39, 0.29) is 19.1 Å². The molecule has 0 atom stereocenters. The van der Waals surface area contributed by atoms with Crippen molar-refractivity contribution in [3.8, 4) is 0 Å². The molecule has 0 aromatic heterocycles. The van der Waals surface area contributed by atoms with E-state index in [9.17, 15) is 5.11 Å². The van der Waals surface area contributed by atoms with Crippen molar-refractivity contribution >= 4 is 19.7 Å². The molecule has 6 nitrogen and oxygen atoms in total. The Morgan fingerprint density at radius 1 is 1.13 bits per heavy atom. The normalized spacial score (nSPS) is 11.0. The van der Waals surface area contributed by atoms with E-state index in [1.54, 1.807) is 27.7 Å². The van der Waals surface area contributed by atoms with E-state index in [0.29, 0.717) is 0 Å². The Morgan fingerprint density at radius 3 is 1.47 bits per heavy atom. The van der Waals surface area contributed by atoms with Gasteiger partial charge in [-0.3, -0.25) is 0 Å². The maximum absolute atomic E-state index is 9.50. The average molecular weight is 246 g/mol. The molecule has 0 fully saturated rings. The highest BCUT2D eigenvalue weighted by atomic mass is 35.5. The predicted octanol–water partition coefficient (Wildman–Crippen LogP) is -1.16. The molecule has 0 saturated carbocycles. The lowest BCUT2D eigenvalue weighted by Crippen LogP contribution is -2.48. The maximum atomic E-state index is 9.50. The van der Waals surface area contributed by atoms with Gasteiger partial charge in [0.25, 0.3) is 0 Å². The van der Waals surface area contributed by atoms with Crippen molar-refractivity contribution in [2.75, 3.05) is 6.73 Å². The van der Waals surface area contributed by atoms with Crippen LogP contribution in [-0.4, -0.2) is 45.4 Å². The SMILES string of the molecule is CC(C)(O)C(C)(C)OCN.Cl.OB(O)O. The summed E-state index contributed by atoms with van der Waals surface area (Å²) in [6.45, 7) is 7.14. The van der Waals surface area contributed by atoms with Crippen LogP contribution in [0.5, 0.6) is 0 Å². The Labute approximate surface area is 96.6 Å². The molecule has 0 saturated heterocycles. The molecule has 0 unspecified atom stereocenters. The molecule has 0 heterocycles. The molecule has 6 N–H and O–H groups in total. The molecule has 0 aliphatic heterocycles. The lowest BCUT2D eigenvalue weighted by molar-refractivity contribution is -0.145. The van der Waals surface area contributed by atoms with Crippen LogP contribution in [0.4, 0.5) is 0 Å². The standard InChI is InChI=1S/C7H17NO2.BH3O3.ClH/c1-6(2,9)7(3,4)10-5-8;2-1(3)4;/h9H,5,8H2,1-4H3;2-4H;1H. The molecule has 94 valence electrons. The maximum Gasteiger partial charge on any atom is 0.631 e. The highest BCUT2D eigenvalue weighted by molar-refractivity contribution is 6.30. The number of hydrogen-bond acceptors (Lipinski definition) is 6. The summed E-state index contributed by atoms with van der Waals surface area (Å²) < 4.78 is 5.12. The van der Waals surface area contributed by atoms with Crippen LogP contribution < -0.4 is 5.73 Å². The van der Waals surface area contributed by atoms with E-state index in [1.807, 2.05) is 0 Å². The molecule has 0 amide bonds. The van der Waals surface area contributed by atoms with Crippen LogP contribution in [0.3, 0.4) is 0 Å². The number of nitrogens with two attached hydrogens (primary N) is 1. The van der Waals surface area contributed by atoms with Crippen LogP contribution in [-0.2, 0) is 4.74 Å². The van der Waals surface area contributed by atoms with Crippen LogP contribution in [0.1, 0.15) is 27.7 Å². The predicted molar refractivity (Wildman–Crippen MR) is 60.2 cm³/mol. The molecule has 0 radical (unpaired) electrons. The molecule has 0 spiro atoms. The molecule has 0 aromatic rings. The van der Waals surface area contributed by atoms with E-state index in [1.165, 1.54) is 0 Å². The summed E-state index contributed by atoms with van der Waals surface area (Å²) in [5.41, 5.74) is 3.74. The van der Waals surface area contributed by atoms with E-state index in [2.05, 4.69) is 0 Å². The van der Waals surface area contributed by atoms with Crippen LogP contribution in [0.25, 0.3) is 0 Å². The van der Waals surface area contributed by atoms with Gasteiger partial charge in [0.2, 0.25) is 0 Å². The van der Waals surface area contributed by atoms with Gasteiger partial charge in [0.1, 0.15) is 0 Å². The van der Waals surface area contributed by atoms with Gasteiger partial charge in [-0.2, -0.15) is 0 Å². The Morgan fingerprint density at radius 2 is 1.40 bits per heavy atom. The minimum Gasteiger partial charge on any atom is -0.402 e. The van der Waals surface area contributed by atoms with Crippen molar-refractivity contribution in [2.24, 2.45) is 5.73 Å². The highest BCUT2D eigenvalue weighted by Gasteiger charge is 2.35. The van der Waals surface area contributed by atoms with Gasteiger partial charge in [-0.15, -0.1) is 12.4 Å². The minimum atomic E-state index is -2.17. The second-order valence-corrected chi connectivity index (χ2v) is 3.73. The lowest BCUT2D eigenvalue weighted by Gasteiger charge is -2.36. The fourth-order valence-corrected chi connectivity index (χ4v) is 0.385. The smallest absolute Gasteiger partial charge is 0.402 e. The molecular formula is C7H21BClNO5. The van der Waals surface area contributed by atoms with Gasteiger partial charge in [0.05, 0.1) is 17.9 Å². The van der Waals surface area contributed by atoms with Crippen molar-refractivity contribution < 1.29 is 24.9 Å². The van der Waals surface area contributed by atoms with Gasteiger partial charge in [-0.05, 0) is 27.7 Å². The summed E-state index contributed by atoms with van der Waals surface area (Å²) in [5.74, 6) is 0. The third-order valence-electron chi connectivity index (χ3n) is 1.92. The summed E-state index contributed by atoms with van der Waals surface area (Å²) in [6.07, 6.45) is 0. The fraction of sp³-hybridized carbons (Fsp3) is 1.00. The van der Waals surface area contributed by atoms with Crippen molar-refractivity contribution in [1.29, 1.82) is 0 Å². The average Bonchev–Trinajstić information content (AvgIpc) is 1.82. The summed E-state index contributed by atoms with van der Waals surface area (Å²) >= 11 is 0. The van der Waals surface area contributed by atoms with Gasteiger partial charge >= 0.3 is 7.32 Å². The number of ether oxygens (including phenoxy) is 1. The first-order valence-electron chi connectivity index (χ1n) is 4.15. The zero-order valence-corrected chi connectivity index (χ0v) is 10.3. The first-order chi connectivity index (χ1) is 6.04. The monoisotopic (exact) mass is 245 g/mol. The lowest BCUT2D eigenvalue weighted by atomic mass is 9.90. The van der Waals surface area contributed by atoms with Crippen LogP contribution in [0.15, 0.2) is 0 Å². The van der Waals surface area contributed by atoms with Gasteiger partial charge in [0, 0.05) is 0 Å². The van der Waals surface area contributed by atoms with Gasteiger partial charge in [0.15, 0.2) is 0 Å². The molecule has 0 bridgehead atoms. The van der Waals surface area contributed by atoms with Gasteiger partial charge in [-0.1, -0.05) is 0 Å². The fourth-order valence-electron chi connectivity index (χ4n) is 0.385. The molecule has 0 aromatic carbocycles. The first kappa shape index (κ1) is 20.5. The quantitative estimate of drug-likeness (QED) is 0.316. The van der Waals surface area contributed by atoms with Crippen LogP contribution >= 0.6 is 12.4 Å². The van der Waals surface area contributed by atoms with Crippen molar-refractivity contribution in [3.63, 3.8) is 0 Å². The topological polar surface area (TPSA) is 116 Å². The number of aliphatic hydroxyl groups is 1. The van der Waals surface area contributed by atoms with Crippen LogP contribution in [0.2, 0.25) is 0 Å². The van der Waals surface area contributed by atoms with E-state index < -0.39 is 18.5 Å². The summed E-state index contributed by atoms with van der Waals surface area (Å²) in [6, 6.07) is 0. The highest BCUT2D eigenvalue weighted by Crippen LogP contribution is 2.23. The third-order valence-corrected chi connectivity index (χ3v) is 1.92. The molecule has 15 heavy (non-hydrogen) atoms. The largest absolute Gasteiger partial charge is 0.631 e. The Kier molecular flexibility index (Phi) is 11.3. The second kappa shape index (κ2) is 8.29. The van der Waals surface area contributed by atoms with Crippen molar-refractivity contribution in [3.05, 3.63) is 0 Å². The van der Waals surface area contributed by atoms with E-state index >= 15 is 0 Å². The zero-order chi connectivity index (χ0) is 12.0. The third kappa shape index (κ3) is 12.0. The molecule has 8 heteroatoms. The van der Waals surface area contributed by atoms with Gasteiger partial charge < -0.3 is 30.6 Å². The van der Waals surface area contributed by atoms with Crippen molar-refractivity contribution in [2.45, 2.75) is 38.9 Å². The Balaban J connectivity index is -0.000000249. The minimum absolute atomic E-state index is 0. The molecule has 0 aliphatic carbocycles. The Bertz CT molecular complexity index is 148. The first-order valence-corrected chi connectivity index (χ1v) is 4.15. The van der Waals surface area contributed by atoms with E-state index in [4.69, 9.17) is 25.5 Å². The van der Waals surface area contributed by atoms with Crippen LogP contribution in [0, 0.1) is 0 Å². The summed E-state index contributed by atoms with van der Waals surface area (Å²) in [5, 5.41) is 31.0. The van der Waals surface area contributed by atoms with E-state index in [0.717, 1.165) is 0 Å². The number of rotatable bonds is 3. The second-order valence-electron chi connectivity index (χ2n) is 3.73. The molecule has 0 rings (SSSR count). The number of halogens is 1. The Hall–Kier alpha value is 0.115.